The van der Waals surface area contributed by atoms with Crippen molar-refractivity contribution in [1.82, 2.24) is 5.32 Å². The lowest BCUT2D eigenvalue weighted by Gasteiger charge is -2.07. The highest BCUT2D eigenvalue weighted by atomic mass is 16.5. The Kier molecular flexibility index (Phi) is 6.25. The van der Waals surface area contributed by atoms with Crippen molar-refractivity contribution in [3.63, 3.8) is 0 Å². The number of hydrogen-bond acceptors (Lipinski definition) is 5. The summed E-state index contributed by atoms with van der Waals surface area (Å²) in [7, 11) is 0. The maximum Gasteiger partial charge on any atom is 0.318 e. The van der Waals surface area contributed by atoms with E-state index in [1.807, 2.05) is 26.0 Å². The Hall–Kier alpha value is -2.70. The number of Topliss-reactive ketones (excluding diaryl/α,β-unsaturated/α-hetero) is 1. The number of nitrogens with two attached hydrogens (primary N) is 1. The molecule has 22 heavy (non-hydrogen) atoms. The number of urea groups is 1. The number of aryl methyl sites for hydroxylation is 2. The summed E-state index contributed by atoms with van der Waals surface area (Å²) in [6.45, 7) is 3.08. The summed E-state index contributed by atoms with van der Waals surface area (Å²) in [4.78, 5) is 44.9. The Morgan fingerprint density at radius 3 is 2.45 bits per heavy atom. The second-order valence-electron chi connectivity index (χ2n) is 4.81. The van der Waals surface area contributed by atoms with Gasteiger partial charge in [0.2, 0.25) is 0 Å². The fraction of sp³-hybridized carbons (Fsp3) is 0.333. The fourth-order valence-electron chi connectivity index (χ4n) is 1.78. The second-order valence-corrected chi connectivity index (χ2v) is 4.81. The van der Waals surface area contributed by atoms with Crippen LogP contribution >= 0.6 is 0 Å². The molecule has 118 valence electrons. The standard InChI is InChI=1S/C15H18N2O5/c1-9-3-4-10(2)11(7-9)12(18)5-6-14(20)22-8-13(19)17-15(16)21/h3-4,7H,5-6,8H2,1-2H3,(H3,16,17,19,21). The van der Waals surface area contributed by atoms with Gasteiger partial charge in [-0.1, -0.05) is 17.7 Å². The Morgan fingerprint density at radius 1 is 1.14 bits per heavy atom. The smallest absolute Gasteiger partial charge is 0.318 e. The van der Waals surface area contributed by atoms with Gasteiger partial charge in [0.1, 0.15) is 0 Å². The van der Waals surface area contributed by atoms with Gasteiger partial charge in [0.25, 0.3) is 5.91 Å². The van der Waals surface area contributed by atoms with Crippen molar-refractivity contribution in [3.05, 3.63) is 34.9 Å². The molecule has 1 aromatic carbocycles. The van der Waals surface area contributed by atoms with E-state index in [9.17, 15) is 19.2 Å². The molecule has 0 unspecified atom stereocenters. The summed E-state index contributed by atoms with van der Waals surface area (Å²) in [5.41, 5.74) is 7.10. The number of nitrogens with one attached hydrogen (secondary N) is 1. The molecular formula is C15H18N2O5. The van der Waals surface area contributed by atoms with E-state index < -0.39 is 24.5 Å². The van der Waals surface area contributed by atoms with Crippen LogP contribution in [0.4, 0.5) is 4.79 Å². The van der Waals surface area contributed by atoms with Gasteiger partial charge in [0.15, 0.2) is 12.4 Å². The van der Waals surface area contributed by atoms with Crippen molar-refractivity contribution in [3.8, 4) is 0 Å². The van der Waals surface area contributed by atoms with Gasteiger partial charge in [-0.2, -0.15) is 0 Å². The summed E-state index contributed by atoms with van der Waals surface area (Å²) < 4.78 is 4.63. The largest absolute Gasteiger partial charge is 0.456 e. The zero-order valence-corrected chi connectivity index (χ0v) is 12.5. The molecule has 1 aromatic rings. The van der Waals surface area contributed by atoms with Gasteiger partial charge in [0, 0.05) is 12.0 Å². The Bertz CT molecular complexity index is 610. The average Bonchev–Trinajstić information content (AvgIpc) is 2.44. The van der Waals surface area contributed by atoms with Crippen molar-refractivity contribution < 1.29 is 23.9 Å². The van der Waals surface area contributed by atoms with Gasteiger partial charge in [0.05, 0.1) is 6.42 Å². The van der Waals surface area contributed by atoms with Crippen LogP contribution in [0.3, 0.4) is 0 Å². The summed E-state index contributed by atoms with van der Waals surface area (Å²) in [6, 6.07) is 4.49. The molecule has 0 saturated heterocycles. The van der Waals surface area contributed by atoms with Crippen LogP contribution in [0.1, 0.15) is 34.3 Å². The van der Waals surface area contributed by atoms with Crippen molar-refractivity contribution in [2.75, 3.05) is 6.61 Å². The number of ketones is 1. The SMILES string of the molecule is Cc1ccc(C)c(C(=O)CCC(=O)OCC(=O)NC(N)=O)c1. The molecule has 7 heteroatoms. The minimum absolute atomic E-state index is 0.0133. The predicted molar refractivity (Wildman–Crippen MR) is 78.2 cm³/mol. The highest BCUT2D eigenvalue weighted by Crippen LogP contribution is 2.14. The van der Waals surface area contributed by atoms with E-state index in [4.69, 9.17) is 5.73 Å². The molecule has 0 saturated carbocycles. The highest BCUT2D eigenvalue weighted by Gasteiger charge is 2.14. The van der Waals surface area contributed by atoms with Crippen LogP contribution in [0.15, 0.2) is 18.2 Å². The molecular weight excluding hydrogens is 288 g/mol. The molecule has 0 bridgehead atoms. The van der Waals surface area contributed by atoms with Crippen LogP contribution in [0.25, 0.3) is 0 Å². The molecule has 0 radical (unpaired) electrons. The molecule has 0 aliphatic carbocycles. The van der Waals surface area contributed by atoms with Crippen LogP contribution < -0.4 is 11.1 Å². The number of rotatable bonds is 6. The van der Waals surface area contributed by atoms with Gasteiger partial charge in [-0.05, 0) is 25.5 Å². The van der Waals surface area contributed by atoms with Crippen molar-refractivity contribution in [1.29, 1.82) is 0 Å². The van der Waals surface area contributed by atoms with Gasteiger partial charge < -0.3 is 10.5 Å². The van der Waals surface area contributed by atoms with Crippen LogP contribution in [0, 0.1) is 13.8 Å². The van der Waals surface area contributed by atoms with Crippen LogP contribution in [0.5, 0.6) is 0 Å². The van der Waals surface area contributed by atoms with E-state index in [-0.39, 0.29) is 18.6 Å². The number of benzene rings is 1. The minimum Gasteiger partial charge on any atom is -0.456 e. The molecule has 0 aromatic heterocycles. The van der Waals surface area contributed by atoms with Gasteiger partial charge >= 0.3 is 12.0 Å². The van der Waals surface area contributed by atoms with Gasteiger partial charge in [-0.3, -0.25) is 19.7 Å². The second kappa shape index (κ2) is 7.92. The summed E-state index contributed by atoms with van der Waals surface area (Å²) >= 11 is 0. The normalized spacial score (nSPS) is 9.91. The van der Waals surface area contributed by atoms with E-state index in [2.05, 4.69) is 4.74 Å². The van der Waals surface area contributed by atoms with E-state index in [0.29, 0.717) is 5.56 Å². The molecule has 0 heterocycles. The maximum absolute atomic E-state index is 12.1. The zero-order chi connectivity index (χ0) is 16.7. The number of carbonyl (C=O) groups is 4. The van der Waals surface area contributed by atoms with E-state index in [0.717, 1.165) is 11.1 Å². The minimum atomic E-state index is -1.02. The molecule has 7 nitrogen and oxygen atoms in total. The summed E-state index contributed by atoms with van der Waals surface area (Å²) in [6.07, 6.45) is -0.156. The predicted octanol–water partition coefficient (Wildman–Crippen LogP) is 1.00. The number of amides is 3. The Balaban J connectivity index is 2.44. The third kappa shape index (κ3) is 5.74. The van der Waals surface area contributed by atoms with E-state index >= 15 is 0 Å². The lowest BCUT2D eigenvalue weighted by atomic mass is 9.99. The molecule has 1 rings (SSSR count). The molecule has 3 amide bonds. The molecule has 0 aliphatic heterocycles. The number of hydrogen-bond donors (Lipinski definition) is 2. The van der Waals surface area contributed by atoms with E-state index in [1.165, 1.54) is 0 Å². The van der Waals surface area contributed by atoms with Crippen molar-refractivity contribution in [2.24, 2.45) is 5.73 Å². The number of carbonyl (C=O) groups excluding carboxylic acids is 4. The fourth-order valence-corrected chi connectivity index (χ4v) is 1.78. The first-order valence-corrected chi connectivity index (χ1v) is 6.65. The van der Waals surface area contributed by atoms with Gasteiger partial charge in [-0.25, -0.2) is 4.79 Å². The van der Waals surface area contributed by atoms with Gasteiger partial charge in [-0.15, -0.1) is 0 Å². The third-order valence-electron chi connectivity index (χ3n) is 2.88. The average molecular weight is 306 g/mol. The monoisotopic (exact) mass is 306 g/mol. The lowest BCUT2D eigenvalue weighted by molar-refractivity contribution is -0.148. The first-order chi connectivity index (χ1) is 10.3. The number of esters is 1. The molecule has 0 atom stereocenters. The van der Waals surface area contributed by atoms with Crippen molar-refractivity contribution >= 4 is 23.7 Å². The number of imide groups is 1. The van der Waals surface area contributed by atoms with Crippen molar-refractivity contribution in [2.45, 2.75) is 26.7 Å². The maximum atomic E-state index is 12.1. The third-order valence-corrected chi connectivity index (χ3v) is 2.88. The summed E-state index contributed by atoms with van der Waals surface area (Å²) in [5.74, 6) is -1.68. The lowest BCUT2D eigenvalue weighted by Crippen LogP contribution is -2.37. The zero-order valence-electron chi connectivity index (χ0n) is 12.5. The first kappa shape index (κ1) is 17.4. The quantitative estimate of drug-likeness (QED) is 0.601. The number of primary amides is 1. The molecule has 0 spiro atoms. The highest BCUT2D eigenvalue weighted by molar-refractivity contribution is 5.99. The number of ether oxygens (including phenoxy) is 1. The van der Waals surface area contributed by atoms with Crippen LogP contribution in [-0.4, -0.2) is 30.3 Å². The first-order valence-electron chi connectivity index (χ1n) is 6.65. The molecule has 3 N–H and O–H groups in total. The van der Waals surface area contributed by atoms with E-state index in [1.54, 1.807) is 11.4 Å². The van der Waals surface area contributed by atoms with Crippen LogP contribution in [-0.2, 0) is 14.3 Å². The Morgan fingerprint density at radius 2 is 1.82 bits per heavy atom. The Labute approximate surface area is 127 Å². The summed E-state index contributed by atoms with van der Waals surface area (Å²) in [5, 5.41) is 1.76. The van der Waals surface area contributed by atoms with Crippen LogP contribution in [0.2, 0.25) is 0 Å². The topological polar surface area (TPSA) is 116 Å². The molecule has 0 aliphatic rings. The molecule has 0 fully saturated rings.